The molecule has 226 valence electrons. The molecule has 0 aliphatic rings. The van der Waals surface area contributed by atoms with Crippen LogP contribution < -0.4 is 10.6 Å². The zero-order valence-corrected chi connectivity index (χ0v) is 25.5. The van der Waals surface area contributed by atoms with Crippen LogP contribution in [0.1, 0.15) is 16.7 Å². The number of anilines is 2. The van der Waals surface area contributed by atoms with Gasteiger partial charge in [0.1, 0.15) is 11.8 Å². The van der Waals surface area contributed by atoms with Crippen molar-refractivity contribution in [1.29, 1.82) is 5.26 Å². The minimum Gasteiger partial charge on any atom is -0.384 e. The van der Waals surface area contributed by atoms with Crippen LogP contribution in [0.15, 0.2) is 102 Å². The zero-order chi connectivity index (χ0) is 31.8. The molecule has 0 unspecified atom stereocenters. The number of aromatic amines is 2. The van der Waals surface area contributed by atoms with Gasteiger partial charge in [-0.3, -0.25) is 20.2 Å². The highest BCUT2D eigenvalue weighted by atomic mass is 79.9. The molecule has 0 amide bonds. The van der Waals surface area contributed by atoms with E-state index in [0.717, 1.165) is 23.9 Å². The van der Waals surface area contributed by atoms with Crippen LogP contribution in [0.4, 0.5) is 22.7 Å². The Kier molecular flexibility index (Phi) is 9.71. The fourth-order valence-electron chi connectivity index (χ4n) is 5.04. The molecule has 0 fully saturated rings. The molecule has 4 N–H and O–H groups in total. The molecule has 2 aromatic heterocycles. The number of aromatic nitrogens is 2. The van der Waals surface area contributed by atoms with E-state index >= 15 is 0 Å². The molecule has 0 atom stereocenters. The first-order valence-electron chi connectivity index (χ1n) is 14.0. The highest BCUT2D eigenvalue weighted by molar-refractivity contribution is 9.10. The second-order valence-corrected chi connectivity index (χ2v) is 11.0. The lowest BCUT2D eigenvalue weighted by molar-refractivity contribution is -0.384. The summed E-state index contributed by atoms with van der Waals surface area (Å²) >= 11 is 3.26. The van der Waals surface area contributed by atoms with E-state index in [0.29, 0.717) is 28.9 Å². The fourth-order valence-corrected chi connectivity index (χ4v) is 5.39. The summed E-state index contributed by atoms with van der Waals surface area (Å²) in [5.74, 6) is 0. The molecule has 6 aromatic rings. The third-order valence-electron chi connectivity index (χ3n) is 7.26. The van der Waals surface area contributed by atoms with E-state index < -0.39 is 4.92 Å². The van der Waals surface area contributed by atoms with Gasteiger partial charge in [-0.15, -0.1) is 0 Å². The smallest absolute Gasteiger partial charge is 0.293 e. The number of fused-ring (bicyclic) bond motifs is 2. The standard InChI is InChI=1S/C17H14N4O2.C16H14BrN3O2/c18-10-13-9-14(21(22)23)5-6-16(13)19-8-7-12-11-20-17-4-2-1-3-15(12)17;17-12-5-6-15(16(9-12)20(21)22)18-8-7-11-10-19-14-4-2-1-3-13(11)14/h1-6,9,11,19-20H,7-8H2;1-6,9-10,18-19H,7-8H2. The molecular formula is C33H28BrN7O4. The van der Waals surface area contributed by atoms with Gasteiger partial charge in [0.25, 0.3) is 11.4 Å². The zero-order valence-electron chi connectivity index (χ0n) is 23.9. The summed E-state index contributed by atoms with van der Waals surface area (Å²) in [7, 11) is 0. The number of benzene rings is 4. The number of nitrogens with one attached hydrogen (secondary N) is 4. The van der Waals surface area contributed by atoms with Gasteiger partial charge in [0.05, 0.1) is 21.1 Å². The SMILES string of the molecule is N#Cc1cc([N+](=O)[O-])ccc1NCCc1c[nH]c2ccccc12.O=[N+]([O-])c1cc(Br)ccc1NCCc1c[nH]c2ccccc12. The van der Waals surface area contributed by atoms with Crippen molar-refractivity contribution >= 4 is 60.5 Å². The van der Waals surface area contributed by atoms with E-state index in [1.165, 1.54) is 40.1 Å². The average Bonchev–Trinajstić information content (AvgIpc) is 3.66. The molecule has 0 aliphatic heterocycles. The Morgan fingerprint density at radius 3 is 1.84 bits per heavy atom. The van der Waals surface area contributed by atoms with E-state index in [1.54, 1.807) is 18.2 Å². The Morgan fingerprint density at radius 2 is 1.29 bits per heavy atom. The molecular weight excluding hydrogens is 638 g/mol. The predicted octanol–water partition coefficient (Wildman–Crippen LogP) is 8.10. The summed E-state index contributed by atoms with van der Waals surface area (Å²) in [5, 5.41) is 39.6. The number of nitriles is 1. The number of rotatable bonds is 10. The Morgan fingerprint density at radius 1 is 0.733 bits per heavy atom. The summed E-state index contributed by atoms with van der Waals surface area (Å²) in [6.07, 6.45) is 5.54. The molecule has 2 heterocycles. The van der Waals surface area contributed by atoms with Gasteiger partial charge in [0.2, 0.25) is 0 Å². The van der Waals surface area contributed by atoms with Crippen molar-refractivity contribution in [2.75, 3.05) is 23.7 Å². The van der Waals surface area contributed by atoms with Gasteiger partial charge in [0.15, 0.2) is 0 Å². The maximum Gasteiger partial charge on any atom is 0.293 e. The lowest BCUT2D eigenvalue weighted by Crippen LogP contribution is -2.06. The van der Waals surface area contributed by atoms with Crippen LogP contribution in [0, 0.1) is 31.6 Å². The minimum atomic E-state index is -0.503. The van der Waals surface area contributed by atoms with Gasteiger partial charge in [-0.05, 0) is 54.3 Å². The third kappa shape index (κ3) is 7.46. The van der Waals surface area contributed by atoms with Gasteiger partial charge in [-0.2, -0.15) is 5.26 Å². The van der Waals surface area contributed by atoms with Crippen molar-refractivity contribution in [3.8, 4) is 6.07 Å². The van der Waals surface area contributed by atoms with E-state index in [1.807, 2.05) is 54.9 Å². The maximum atomic E-state index is 11.1. The largest absolute Gasteiger partial charge is 0.384 e. The van der Waals surface area contributed by atoms with E-state index in [9.17, 15) is 20.2 Å². The Hall–Kier alpha value is -5.67. The van der Waals surface area contributed by atoms with Gasteiger partial charge < -0.3 is 20.6 Å². The van der Waals surface area contributed by atoms with Crippen LogP contribution in [0.5, 0.6) is 0 Å². The molecule has 0 bridgehead atoms. The van der Waals surface area contributed by atoms with Crippen molar-refractivity contribution < 1.29 is 9.85 Å². The maximum absolute atomic E-state index is 11.1. The normalized spacial score (nSPS) is 10.6. The van der Waals surface area contributed by atoms with Crippen LogP contribution in [-0.2, 0) is 12.8 Å². The van der Waals surface area contributed by atoms with E-state index in [2.05, 4.69) is 48.7 Å². The summed E-state index contributed by atoms with van der Waals surface area (Å²) in [6, 6.07) is 27.4. The fraction of sp³-hybridized carbons (Fsp3) is 0.121. The van der Waals surface area contributed by atoms with Crippen LogP contribution >= 0.6 is 15.9 Å². The third-order valence-corrected chi connectivity index (χ3v) is 7.75. The molecule has 0 aliphatic carbocycles. The van der Waals surface area contributed by atoms with Gasteiger partial charge >= 0.3 is 0 Å². The molecule has 4 aromatic carbocycles. The van der Waals surface area contributed by atoms with Crippen molar-refractivity contribution in [3.63, 3.8) is 0 Å². The van der Waals surface area contributed by atoms with Crippen LogP contribution in [0.2, 0.25) is 0 Å². The van der Waals surface area contributed by atoms with Crippen molar-refractivity contribution in [3.05, 3.63) is 139 Å². The Labute approximate surface area is 266 Å². The van der Waals surface area contributed by atoms with E-state index in [4.69, 9.17) is 5.26 Å². The lowest BCUT2D eigenvalue weighted by Gasteiger charge is -2.07. The first-order chi connectivity index (χ1) is 21.8. The molecule has 0 saturated heterocycles. The highest BCUT2D eigenvalue weighted by Gasteiger charge is 2.14. The molecule has 6 rings (SSSR count). The molecule has 0 radical (unpaired) electrons. The van der Waals surface area contributed by atoms with Gasteiger partial charge in [-0.25, -0.2) is 0 Å². The summed E-state index contributed by atoms with van der Waals surface area (Å²) in [5.41, 5.74) is 6.00. The highest BCUT2D eigenvalue weighted by Crippen LogP contribution is 2.28. The number of nitro benzene ring substituents is 2. The number of halogens is 1. The van der Waals surface area contributed by atoms with Crippen LogP contribution in [0.25, 0.3) is 21.8 Å². The first kappa shape index (κ1) is 30.8. The van der Waals surface area contributed by atoms with Crippen molar-refractivity contribution in [2.24, 2.45) is 0 Å². The Bertz CT molecular complexity index is 2030. The second kappa shape index (κ2) is 14.2. The lowest BCUT2D eigenvalue weighted by atomic mass is 10.1. The summed E-state index contributed by atoms with van der Waals surface area (Å²) in [4.78, 5) is 27.4. The average molecular weight is 667 g/mol. The number of non-ortho nitro benzene ring substituents is 1. The number of hydrogen-bond donors (Lipinski definition) is 4. The van der Waals surface area contributed by atoms with E-state index in [-0.39, 0.29) is 21.9 Å². The second-order valence-electron chi connectivity index (χ2n) is 10.1. The number of para-hydroxylation sites is 2. The van der Waals surface area contributed by atoms with Gasteiger partial charge in [0, 0.05) is 70.0 Å². The number of hydrogen-bond acceptors (Lipinski definition) is 7. The molecule has 45 heavy (non-hydrogen) atoms. The van der Waals surface area contributed by atoms with Crippen LogP contribution in [-0.4, -0.2) is 32.9 Å². The monoisotopic (exact) mass is 665 g/mol. The van der Waals surface area contributed by atoms with Crippen molar-refractivity contribution in [1.82, 2.24) is 9.97 Å². The number of nitro groups is 2. The summed E-state index contributed by atoms with van der Waals surface area (Å²) in [6.45, 7) is 1.26. The summed E-state index contributed by atoms with van der Waals surface area (Å²) < 4.78 is 0.696. The first-order valence-corrected chi connectivity index (χ1v) is 14.8. The number of nitrogens with zero attached hydrogens (tertiary/aromatic N) is 3. The molecule has 0 spiro atoms. The molecule has 11 nitrogen and oxygen atoms in total. The Balaban J connectivity index is 0.000000178. The predicted molar refractivity (Wildman–Crippen MR) is 180 cm³/mol. The minimum absolute atomic E-state index is 0.0771. The topological polar surface area (TPSA) is 166 Å². The van der Waals surface area contributed by atoms with Crippen molar-refractivity contribution in [2.45, 2.75) is 12.8 Å². The number of H-pyrrole nitrogens is 2. The quantitative estimate of drug-likeness (QED) is 0.0847. The molecule has 12 heteroatoms. The molecule has 0 saturated carbocycles. The van der Waals surface area contributed by atoms with Gasteiger partial charge in [-0.1, -0.05) is 52.3 Å². The van der Waals surface area contributed by atoms with Crippen LogP contribution in [0.3, 0.4) is 0 Å².